The molecule has 3 aromatic rings. The van der Waals surface area contributed by atoms with Crippen molar-refractivity contribution in [1.82, 2.24) is 9.97 Å². The van der Waals surface area contributed by atoms with Gasteiger partial charge in [-0.1, -0.05) is 11.8 Å². The van der Waals surface area contributed by atoms with Crippen molar-refractivity contribution >= 4 is 82.2 Å². The molecule has 0 saturated carbocycles. The molecule has 2 N–H and O–H groups in total. The molecule has 1 amide bonds. The molecule has 6 nitrogen and oxygen atoms in total. The zero-order chi connectivity index (χ0) is 19.6. The van der Waals surface area contributed by atoms with E-state index in [1.54, 1.807) is 14.2 Å². The summed E-state index contributed by atoms with van der Waals surface area (Å²) in [6.45, 7) is 0. The van der Waals surface area contributed by atoms with Gasteiger partial charge in [-0.05, 0) is 66.0 Å². The Morgan fingerprint density at radius 3 is 2.67 bits per heavy atom. The fourth-order valence-electron chi connectivity index (χ4n) is 2.34. The van der Waals surface area contributed by atoms with Crippen molar-refractivity contribution in [2.24, 2.45) is 0 Å². The molecule has 0 radical (unpaired) electrons. The molecular formula is C17H14Br3N3O3S. The normalized spacial score (nSPS) is 10.9. The third-order valence-corrected chi connectivity index (χ3v) is 6.45. The van der Waals surface area contributed by atoms with Gasteiger partial charge in [0.25, 0.3) is 0 Å². The number of H-pyrrole nitrogens is 1. The molecule has 0 aliphatic rings. The number of anilines is 1. The third-order valence-electron chi connectivity index (χ3n) is 3.60. The third kappa shape index (κ3) is 4.61. The molecule has 0 fully saturated rings. The lowest BCUT2D eigenvalue weighted by Gasteiger charge is -2.14. The average molecular weight is 580 g/mol. The van der Waals surface area contributed by atoms with Crippen molar-refractivity contribution in [2.45, 2.75) is 5.16 Å². The number of thioether (sulfide) groups is 1. The molecule has 1 heterocycles. The summed E-state index contributed by atoms with van der Waals surface area (Å²) in [5, 5.41) is 3.55. The van der Waals surface area contributed by atoms with E-state index in [4.69, 9.17) is 9.47 Å². The standard InChI is InChI=1S/C17H14Br3N3O3S/c1-25-8-3-4-11-12(5-8)22-17(21-11)27-7-13(24)23-15-9(18)6-10(19)16(26-2)14(15)20/h3-6H,7H2,1-2H3,(H,21,22)(H,23,24). The van der Waals surface area contributed by atoms with Crippen molar-refractivity contribution in [1.29, 1.82) is 0 Å². The van der Waals surface area contributed by atoms with Crippen LogP contribution in [0, 0.1) is 0 Å². The highest BCUT2D eigenvalue weighted by Crippen LogP contribution is 2.43. The van der Waals surface area contributed by atoms with E-state index in [-0.39, 0.29) is 11.7 Å². The van der Waals surface area contributed by atoms with Crippen LogP contribution in [-0.2, 0) is 4.79 Å². The molecule has 1 aromatic heterocycles. The first-order chi connectivity index (χ1) is 12.9. The molecule has 0 spiro atoms. The number of ether oxygens (including phenoxy) is 2. The maximum absolute atomic E-state index is 12.4. The molecular weight excluding hydrogens is 566 g/mol. The number of carbonyl (C=O) groups is 1. The number of benzene rings is 2. The van der Waals surface area contributed by atoms with Crippen LogP contribution in [-0.4, -0.2) is 35.8 Å². The van der Waals surface area contributed by atoms with Gasteiger partial charge in [-0.25, -0.2) is 4.98 Å². The van der Waals surface area contributed by atoms with Crippen LogP contribution >= 0.6 is 59.6 Å². The summed E-state index contributed by atoms with van der Waals surface area (Å²) in [6.07, 6.45) is 0. The number of fused-ring (bicyclic) bond motifs is 1. The van der Waals surface area contributed by atoms with Crippen LogP contribution in [0.25, 0.3) is 11.0 Å². The van der Waals surface area contributed by atoms with Crippen LogP contribution in [0.15, 0.2) is 42.8 Å². The number of halogens is 3. The number of hydrogen-bond donors (Lipinski definition) is 2. The summed E-state index contributed by atoms with van der Waals surface area (Å²) in [5.74, 6) is 1.39. The van der Waals surface area contributed by atoms with E-state index in [0.29, 0.717) is 21.1 Å². The second-order valence-corrected chi connectivity index (χ2v) is 8.79. The number of hydrogen-bond acceptors (Lipinski definition) is 5. The minimum atomic E-state index is -0.163. The summed E-state index contributed by atoms with van der Waals surface area (Å²) in [4.78, 5) is 20.1. The van der Waals surface area contributed by atoms with Gasteiger partial charge in [0.2, 0.25) is 5.91 Å². The molecule has 0 aliphatic carbocycles. The molecule has 0 saturated heterocycles. The van der Waals surface area contributed by atoms with Gasteiger partial charge in [0.05, 0.1) is 45.6 Å². The van der Waals surface area contributed by atoms with Crippen LogP contribution in [0.4, 0.5) is 5.69 Å². The van der Waals surface area contributed by atoms with Crippen LogP contribution in [0.1, 0.15) is 0 Å². The van der Waals surface area contributed by atoms with Crippen LogP contribution in [0.5, 0.6) is 11.5 Å². The maximum atomic E-state index is 12.4. The molecule has 27 heavy (non-hydrogen) atoms. The summed E-state index contributed by atoms with van der Waals surface area (Å²) in [6, 6.07) is 7.41. The maximum Gasteiger partial charge on any atom is 0.234 e. The Bertz CT molecular complexity index is 1010. The zero-order valence-corrected chi connectivity index (χ0v) is 19.8. The Labute approximate surface area is 185 Å². The number of aromatic nitrogens is 2. The van der Waals surface area contributed by atoms with E-state index in [2.05, 4.69) is 63.1 Å². The summed E-state index contributed by atoms with van der Waals surface area (Å²) >= 11 is 11.7. The number of aromatic amines is 1. The average Bonchev–Trinajstić information content (AvgIpc) is 3.05. The van der Waals surface area contributed by atoms with Gasteiger partial charge in [-0.15, -0.1) is 0 Å². The van der Waals surface area contributed by atoms with Gasteiger partial charge in [-0.3, -0.25) is 4.79 Å². The Morgan fingerprint density at radius 1 is 1.19 bits per heavy atom. The summed E-state index contributed by atoms with van der Waals surface area (Å²) < 4.78 is 12.7. The molecule has 0 bridgehead atoms. The lowest BCUT2D eigenvalue weighted by atomic mass is 10.3. The first-order valence-corrected chi connectivity index (χ1v) is 11.0. The fraction of sp³-hybridized carbons (Fsp3) is 0.176. The number of methoxy groups -OCH3 is 2. The lowest BCUT2D eigenvalue weighted by molar-refractivity contribution is -0.113. The van der Waals surface area contributed by atoms with Crippen molar-refractivity contribution in [2.75, 3.05) is 25.3 Å². The second-order valence-electron chi connectivity index (χ2n) is 5.32. The fourth-order valence-corrected chi connectivity index (χ4v) is 5.67. The summed E-state index contributed by atoms with van der Waals surface area (Å²) in [7, 11) is 3.18. The number of imidazole rings is 1. The van der Waals surface area contributed by atoms with E-state index in [0.717, 1.165) is 25.7 Å². The molecule has 0 unspecified atom stereocenters. The predicted molar refractivity (Wildman–Crippen MR) is 118 cm³/mol. The molecule has 2 aromatic carbocycles. The van der Waals surface area contributed by atoms with E-state index < -0.39 is 0 Å². The summed E-state index contributed by atoms with van der Waals surface area (Å²) in [5.41, 5.74) is 2.29. The Balaban J connectivity index is 1.70. The highest BCUT2D eigenvalue weighted by molar-refractivity contribution is 9.11. The van der Waals surface area contributed by atoms with Crippen LogP contribution < -0.4 is 14.8 Å². The quantitative estimate of drug-likeness (QED) is 0.372. The highest BCUT2D eigenvalue weighted by atomic mass is 79.9. The highest BCUT2D eigenvalue weighted by Gasteiger charge is 2.17. The molecule has 0 aliphatic heterocycles. The second kappa shape index (κ2) is 8.85. The topological polar surface area (TPSA) is 76.2 Å². The molecule has 10 heteroatoms. The Kier molecular flexibility index (Phi) is 6.72. The Morgan fingerprint density at radius 2 is 1.96 bits per heavy atom. The van der Waals surface area contributed by atoms with E-state index >= 15 is 0 Å². The van der Waals surface area contributed by atoms with Gasteiger partial charge in [0.1, 0.15) is 11.5 Å². The lowest BCUT2D eigenvalue weighted by Crippen LogP contribution is -2.15. The SMILES string of the molecule is COc1ccc2nc(SCC(=O)Nc3c(Br)cc(Br)c(OC)c3Br)[nH]c2c1. The smallest absolute Gasteiger partial charge is 0.234 e. The molecule has 142 valence electrons. The number of carbonyl (C=O) groups excluding carboxylic acids is 1. The van der Waals surface area contributed by atoms with Crippen molar-refractivity contribution < 1.29 is 14.3 Å². The van der Waals surface area contributed by atoms with Gasteiger partial charge in [0.15, 0.2) is 5.16 Å². The zero-order valence-electron chi connectivity index (χ0n) is 14.2. The minimum absolute atomic E-state index is 0.163. The number of nitrogens with zero attached hydrogens (tertiary/aromatic N) is 1. The largest absolute Gasteiger partial charge is 0.497 e. The molecule has 3 rings (SSSR count). The molecule has 0 atom stereocenters. The Hall–Kier alpha value is -1.23. The van der Waals surface area contributed by atoms with E-state index in [9.17, 15) is 4.79 Å². The number of rotatable bonds is 6. The van der Waals surface area contributed by atoms with Gasteiger partial charge in [0, 0.05) is 10.5 Å². The van der Waals surface area contributed by atoms with Gasteiger partial charge >= 0.3 is 0 Å². The van der Waals surface area contributed by atoms with Gasteiger partial charge in [-0.2, -0.15) is 0 Å². The van der Waals surface area contributed by atoms with Crippen molar-refractivity contribution in [3.05, 3.63) is 37.7 Å². The first kappa shape index (κ1) is 20.5. The number of amides is 1. The monoisotopic (exact) mass is 577 g/mol. The van der Waals surface area contributed by atoms with E-state index in [1.807, 2.05) is 24.3 Å². The van der Waals surface area contributed by atoms with E-state index in [1.165, 1.54) is 11.8 Å². The van der Waals surface area contributed by atoms with Gasteiger partial charge < -0.3 is 19.8 Å². The van der Waals surface area contributed by atoms with Crippen LogP contribution in [0.2, 0.25) is 0 Å². The van der Waals surface area contributed by atoms with Crippen molar-refractivity contribution in [3.8, 4) is 11.5 Å². The minimum Gasteiger partial charge on any atom is -0.497 e. The van der Waals surface area contributed by atoms with Crippen molar-refractivity contribution in [3.63, 3.8) is 0 Å². The number of nitrogens with one attached hydrogen (secondary N) is 2. The predicted octanol–water partition coefficient (Wildman–Crippen LogP) is 5.60. The first-order valence-electron chi connectivity index (χ1n) is 7.60. The van der Waals surface area contributed by atoms with Crippen LogP contribution in [0.3, 0.4) is 0 Å².